The van der Waals surface area contributed by atoms with Crippen LogP contribution in [0.4, 0.5) is 4.39 Å². The van der Waals surface area contributed by atoms with E-state index in [9.17, 15) is 4.39 Å². The lowest BCUT2D eigenvalue weighted by Gasteiger charge is -2.06. The van der Waals surface area contributed by atoms with Gasteiger partial charge in [-0.2, -0.15) is 0 Å². The van der Waals surface area contributed by atoms with Crippen molar-refractivity contribution in [3.05, 3.63) is 64.4 Å². The molecule has 0 atom stereocenters. The standard InChI is InChI=1S/C16H17ClFNS/c1-2-19-10-12-3-7-15(8-4-12)20-11-13-5-6-14(18)9-16(13)17/h3-9,19H,2,10-11H2,1H3. The van der Waals surface area contributed by atoms with E-state index in [2.05, 4.69) is 36.5 Å². The molecule has 2 aromatic carbocycles. The van der Waals surface area contributed by atoms with Gasteiger partial charge in [-0.05, 0) is 41.9 Å². The van der Waals surface area contributed by atoms with Crippen LogP contribution in [0.15, 0.2) is 47.4 Å². The molecule has 0 heterocycles. The highest BCUT2D eigenvalue weighted by Crippen LogP contribution is 2.27. The van der Waals surface area contributed by atoms with E-state index in [4.69, 9.17) is 11.6 Å². The first kappa shape index (κ1) is 15.4. The molecule has 2 aromatic rings. The summed E-state index contributed by atoms with van der Waals surface area (Å²) < 4.78 is 13.0. The van der Waals surface area contributed by atoms with Gasteiger partial charge in [0.15, 0.2) is 0 Å². The molecule has 0 aliphatic carbocycles. The zero-order valence-corrected chi connectivity index (χ0v) is 12.9. The highest BCUT2D eigenvalue weighted by molar-refractivity contribution is 7.98. The first-order valence-corrected chi connectivity index (χ1v) is 7.92. The second-order valence-corrected chi connectivity index (χ2v) is 5.90. The zero-order valence-electron chi connectivity index (χ0n) is 11.3. The van der Waals surface area contributed by atoms with E-state index in [1.54, 1.807) is 17.8 Å². The Hall–Kier alpha value is -1.03. The maximum Gasteiger partial charge on any atom is 0.124 e. The second kappa shape index (κ2) is 7.67. The van der Waals surface area contributed by atoms with Crippen LogP contribution < -0.4 is 5.32 Å². The van der Waals surface area contributed by atoms with Crippen molar-refractivity contribution in [2.75, 3.05) is 6.54 Å². The number of hydrogen-bond acceptors (Lipinski definition) is 2. The molecule has 106 valence electrons. The van der Waals surface area contributed by atoms with Crippen LogP contribution in [0.5, 0.6) is 0 Å². The van der Waals surface area contributed by atoms with Crippen LogP contribution in [0.3, 0.4) is 0 Å². The maximum absolute atomic E-state index is 13.0. The summed E-state index contributed by atoms with van der Waals surface area (Å²) in [5, 5.41) is 3.78. The maximum atomic E-state index is 13.0. The van der Waals surface area contributed by atoms with Crippen LogP contribution in [0.1, 0.15) is 18.1 Å². The molecule has 0 aliphatic heterocycles. The number of hydrogen-bond donors (Lipinski definition) is 1. The van der Waals surface area contributed by atoms with E-state index in [0.717, 1.165) is 24.4 Å². The molecular weight excluding hydrogens is 293 g/mol. The SMILES string of the molecule is CCNCc1ccc(SCc2ccc(F)cc2Cl)cc1. The Morgan fingerprint density at radius 1 is 1.15 bits per heavy atom. The highest BCUT2D eigenvalue weighted by atomic mass is 35.5. The van der Waals surface area contributed by atoms with Crippen molar-refractivity contribution in [2.45, 2.75) is 24.1 Å². The fraction of sp³-hybridized carbons (Fsp3) is 0.250. The van der Waals surface area contributed by atoms with Crippen molar-refractivity contribution < 1.29 is 4.39 Å². The fourth-order valence-corrected chi connectivity index (χ4v) is 2.99. The van der Waals surface area contributed by atoms with Gasteiger partial charge in [-0.25, -0.2) is 4.39 Å². The smallest absolute Gasteiger partial charge is 0.124 e. The largest absolute Gasteiger partial charge is 0.313 e. The molecule has 0 amide bonds. The van der Waals surface area contributed by atoms with Crippen molar-refractivity contribution in [3.8, 4) is 0 Å². The summed E-state index contributed by atoms with van der Waals surface area (Å²) in [7, 11) is 0. The topological polar surface area (TPSA) is 12.0 Å². The third-order valence-electron chi connectivity index (χ3n) is 2.91. The van der Waals surface area contributed by atoms with Crippen LogP contribution in [0, 0.1) is 5.82 Å². The van der Waals surface area contributed by atoms with Gasteiger partial charge in [-0.1, -0.05) is 36.7 Å². The van der Waals surface area contributed by atoms with Crippen molar-refractivity contribution in [3.63, 3.8) is 0 Å². The highest BCUT2D eigenvalue weighted by Gasteiger charge is 2.03. The van der Waals surface area contributed by atoms with Gasteiger partial charge in [0.05, 0.1) is 0 Å². The minimum Gasteiger partial charge on any atom is -0.313 e. The third kappa shape index (κ3) is 4.51. The monoisotopic (exact) mass is 309 g/mol. The normalized spacial score (nSPS) is 10.8. The Kier molecular flexibility index (Phi) is 5.89. The number of thioether (sulfide) groups is 1. The summed E-state index contributed by atoms with van der Waals surface area (Å²) in [6, 6.07) is 13.0. The molecule has 0 saturated heterocycles. The Labute approximate surface area is 128 Å². The van der Waals surface area contributed by atoms with E-state index in [1.807, 2.05) is 0 Å². The first-order chi connectivity index (χ1) is 9.69. The van der Waals surface area contributed by atoms with Crippen molar-refractivity contribution >= 4 is 23.4 Å². The molecular formula is C16H17ClFNS. The molecule has 0 aliphatic rings. The lowest BCUT2D eigenvalue weighted by molar-refractivity contribution is 0.627. The molecule has 2 rings (SSSR count). The van der Waals surface area contributed by atoms with Gasteiger partial charge in [-0.15, -0.1) is 11.8 Å². The molecule has 0 saturated carbocycles. The van der Waals surface area contributed by atoms with E-state index in [1.165, 1.54) is 22.6 Å². The number of halogens is 2. The van der Waals surface area contributed by atoms with Crippen LogP contribution in [0.25, 0.3) is 0 Å². The molecule has 4 heteroatoms. The predicted octanol–water partition coefficient (Wildman–Crippen LogP) is 4.88. The minimum atomic E-state index is -0.295. The van der Waals surface area contributed by atoms with Gasteiger partial charge in [0.1, 0.15) is 5.82 Å². The lowest BCUT2D eigenvalue weighted by atomic mass is 10.2. The van der Waals surface area contributed by atoms with E-state index in [0.29, 0.717) is 5.02 Å². The number of nitrogens with one attached hydrogen (secondary N) is 1. The minimum absolute atomic E-state index is 0.295. The van der Waals surface area contributed by atoms with Gasteiger partial charge < -0.3 is 5.32 Å². The molecule has 0 bridgehead atoms. The summed E-state index contributed by atoms with van der Waals surface area (Å²) in [5.41, 5.74) is 2.23. The Balaban J connectivity index is 1.93. The van der Waals surface area contributed by atoms with E-state index < -0.39 is 0 Å². The van der Waals surface area contributed by atoms with Crippen molar-refractivity contribution in [1.29, 1.82) is 0 Å². The lowest BCUT2D eigenvalue weighted by Crippen LogP contribution is -2.11. The average Bonchev–Trinajstić information content (AvgIpc) is 2.45. The first-order valence-electron chi connectivity index (χ1n) is 6.55. The predicted molar refractivity (Wildman–Crippen MR) is 84.8 cm³/mol. The third-order valence-corrected chi connectivity index (χ3v) is 4.32. The molecule has 0 fully saturated rings. The quantitative estimate of drug-likeness (QED) is 0.763. The molecule has 0 unspecified atom stereocenters. The summed E-state index contributed by atoms with van der Waals surface area (Å²) in [5.74, 6) is 0.447. The number of benzene rings is 2. The van der Waals surface area contributed by atoms with Crippen molar-refractivity contribution in [1.82, 2.24) is 5.32 Å². The second-order valence-electron chi connectivity index (χ2n) is 4.45. The van der Waals surface area contributed by atoms with Crippen LogP contribution >= 0.6 is 23.4 Å². The summed E-state index contributed by atoms with van der Waals surface area (Å²) in [4.78, 5) is 1.19. The van der Waals surface area contributed by atoms with Crippen LogP contribution in [0.2, 0.25) is 5.02 Å². The Morgan fingerprint density at radius 2 is 1.90 bits per heavy atom. The summed E-state index contributed by atoms with van der Waals surface area (Å²) >= 11 is 7.72. The van der Waals surface area contributed by atoms with Gasteiger partial charge in [0.2, 0.25) is 0 Å². The summed E-state index contributed by atoms with van der Waals surface area (Å²) in [6.45, 7) is 3.96. The van der Waals surface area contributed by atoms with Gasteiger partial charge in [0.25, 0.3) is 0 Å². The Bertz CT molecular complexity index is 557. The van der Waals surface area contributed by atoms with Crippen molar-refractivity contribution in [2.24, 2.45) is 0 Å². The number of rotatable bonds is 6. The zero-order chi connectivity index (χ0) is 14.4. The van der Waals surface area contributed by atoms with Crippen LogP contribution in [-0.4, -0.2) is 6.54 Å². The van der Waals surface area contributed by atoms with Gasteiger partial charge >= 0.3 is 0 Å². The molecule has 0 radical (unpaired) electrons. The Morgan fingerprint density at radius 3 is 2.55 bits per heavy atom. The molecule has 0 spiro atoms. The average molecular weight is 310 g/mol. The van der Waals surface area contributed by atoms with Gasteiger partial charge in [-0.3, -0.25) is 0 Å². The van der Waals surface area contributed by atoms with E-state index in [-0.39, 0.29) is 5.82 Å². The molecule has 1 nitrogen and oxygen atoms in total. The molecule has 1 N–H and O–H groups in total. The van der Waals surface area contributed by atoms with E-state index >= 15 is 0 Å². The molecule has 20 heavy (non-hydrogen) atoms. The van der Waals surface area contributed by atoms with Gasteiger partial charge in [0, 0.05) is 22.2 Å². The summed E-state index contributed by atoms with van der Waals surface area (Å²) in [6.07, 6.45) is 0. The molecule has 0 aromatic heterocycles. The van der Waals surface area contributed by atoms with Crippen LogP contribution in [-0.2, 0) is 12.3 Å². The fourth-order valence-electron chi connectivity index (χ4n) is 1.77.